The third-order valence-electron chi connectivity index (χ3n) is 2.87. The highest BCUT2D eigenvalue weighted by atomic mass is 19.1. The third kappa shape index (κ3) is 2.31. The van der Waals surface area contributed by atoms with Gasteiger partial charge in [0.1, 0.15) is 17.5 Å². The molecule has 0 bridgehead atoms. The van der Waals surface area contributed by atoms with E-state index in [1.165, 1.54) is 28.9 Å². The second-order valence-corrected chi connectivity index (χ2v) is 4.24. The van der Waals surface area contributed by atoms with Crippen LogP contribution in [0.4, 0.5) is 18.9 Å². The number of hydrogen-bond acceptors (Lipinski definition) is 4. The van der Waals surface area contributed by atoms with Crippen LogP contribution in [-0.2, 0) is 0 Å². The lowest BCUT2D eigenvalue weighted by Gasteiger charge is -2.07. The minimum atomic E-state index is -0.864. The summed E-state index contributed by atoms with van der Waals surface area (Å²) in [6.45, 7) is 0. The van der Waals surface area contributed by atoms with E-state index < -0.39 is 17.5 Å². The first-order valence-corrected chi connectivity index (χ1v) is 5.85. The molecule has 2 aromatic carbocycles. The maximum Gasteiger partial charge on any atom is 0.190 e. The van der Waals surface area contributed by atoms with Gasteiger partial charge in [0, 0.05) is 6.07 Å². The van der Waals surface area contributed by atoms with Gasteiger partial charge < -0.3 is 5.73 Å². The number of rotatable bonds is 2. The van der Waals surface area contributed by atoms with Crippen LogP contribution in [0.1, 0.15) is 0 Å². The molecule has 1 heterocycles. The summed E-state index contributed by atoms with van der Waals surface area (Å²) < 4.78 is 41.2. The molecule has 3 aromatic rings. The van der Waals surface area contributed by atoms with Gasteiger partial charge in [-0.3, -0.25) is 0 Å². The zero-order valence-corrected chi connectivity index (χ0v) is 10.5. The molecule has 0 spiro atoms. The molecule has 0 atom stereocenters. The van der Waals surface area contributed by atoms with Crippen LogP contribution in [0.15, 0.2) is 36.4 Å². The molecule has 106 valence electrons. The molecule has 2 N–H and O–H groups in total. The Labute approximate surface area is 116 Å². The molecule has 0 saturated heterocycles. The van der Waals surface area contributed by atoms with E-state index in [4.69, 9.17) is 5.73 Å². The van der Waals surface area contributed by atoms with Gasteiger partial charge in [-0.05, 0) is 40.8 Å². The topological polar surface area (TPSA) is 69.6 Å². The lowest BCUT2D eigenvalue weighted by Crippen LogP contribution is -2.02. The SMILES string of the molecule is Nc1cc(-c2nnnn2-c2ccc(F)cc2)c(F)cc1F. The van der Waals surface area contributed by atoms with E-state index in [1.54, 1.807) is 0 Å². The largest absolute Gasteiger partial charge is 0.396 e. The number of hydrogen-bond donors (Lipinski definition) is 1. The van der Waals surface area contributed by atoms with Crippen LogP contribution in [-0.4, -0.2) is 20.2 Å². The number of nitrogen functional groups attached to an aromatic ring is 1. The van der Waals surface area contributed by atoms with Crippen molar-refractivity contribution in [3.8, 4) is 17.1 Å². The second-order valence-electron chi connectivity index (χ2n) is 4.24. The molecule has 1 aromatic heterocycles. The van der Waals surface area contributed by atoms with E-state index in [-0.39, 0.29) is 17.1 Å². The predicted molar refractivity (Wildman–Crippen MR) is 68.9 cm³/mol. The van der Waals surface area contributed by atoms with Crippen molar-refractivity contribution in [2.24, 2.45) is 0 Å². The highest BCUT2D eigenvalue weighted by Crippen LogP contribution is 2.26. The Bertz CT molecular complexity index is 798. The molecule has 0 saturated carbocycles. The van der Waals surface area contributed by atoms with Crippen molar-refractivity contribution < 1.29 is 13.2 Å². The molecule has 0 fully saturated rings. The van der Waals surface area contributed by atoms with E-state index in [1.807, 2.05) is 0 Å². The van der Waals surface area contributed by atoms with E-state index in [0.29, 0.717) is 11.8 Å². The van der Waals surface area contributed by atoms with Gasteiger partial charge in [0.05, 0.1) is 16.9 Å². The summed E-state index contributed by atoms with van der Waals surface area (Å²) in [4.78, 5) is 0. The fourth-order valence-corrected chi connectivity index (χ4v) is 1.85. The van der Waals surface area contributed by atoms with E-state index >= 15 is 0 Å². The molecule has 0 unspecified atom stereocenters. The van der Waals surface area contributed by atoms with Gasteiger partial charge >= 0.3 is 0 Å². The lowest BCUT2D eigenvalue weighted by atomic mass is 10.1. The minimum Gasteiger partial charge on any atom is -0.396 e. The standard InChI is InChI=1S/C13H8F3N5/c14-7-1-3-8(4-2-7)21-13(18-19-20-21)9-5-12(17)11(16)6-10(9)15/h1-6H,17H2. The number of nitrogens with two attached hydrogens (primary N) is 1. The Kier molecular flexibility index (Phi) is 3.05. The van der Waals surface area contributed by atoms with Crippen molar-refractivity contribution >= 4 is 5.69 Å². The summed E-state index contributed by atoms with van der Waals surface area (Å²) in [6.07, 6.45) is 0. The minimum absolute atomic E-state index is 0.0332. The zero-order chi connectivity index (χ0) is 15.0. The van der Waals surface area contributed by atoms with Crippen LogP contribution < -0.4 is 5.73 Å². The van der Waals surface area contributed by atoms with E-state index in [9.17, 15) is 13.2 Å². The fraction of sp³-hybridized carbons (Fsp3) is 0. The summed E-state index contributed by atoms with van der Waals surface area (Å²) in [5.41, 5.74) is 5.59. The predicted octanol–water partition coefficient (Wildman–Crippen LogP) is 2.33. The van der Waals surface area contributed by atoms with E-state index in [2.05, 4.69) is 15.5 Å². The summed E-state index contributed by atoms with van der Waals surface area (Å²) in [5.74, 6) is -2.10. The number of nitrogens with zero attached hydrogens (tertiary/aromatic N) is 4. The highest BCUT2D eigenvalue weighted by molar-refractivity contribution is 5.63. The molecule has 5 nitrogen and oxygen atoms in total. The average Bonchev–Trinajstić information content (AvgIpc) is 2.93. The smallest absolute Gasteiger partial charge is 0.190 e. The van der Waals surface area contributed by atoms with Crippen molar-refractivity contribution in [1.82, 2.24) is 20.2 Å². The number of benzene rings is 2. The molecule has 0 aliphatic rings. The summed E-state index contributed by atoms with van der Waals surface area (Å²) in [5, 5.41) is 10.9. The summed E-state index contributed by atoms with van der Waals surface area (Å²) >= 11 is 0. The first kappa shape index (κ1) is 13.1. The van der Waals surface area contributed by atoms with Gasteiger partial charge in [0.25, 0.3) is 0 Å². The number of halogens is 3. The average molecular weight is 291 g/mol. The van der Waals surface area contributed by atoms with Gasteiger partial charge in [0.15, 0.2) is 5.82 Å². The van der Waals surface area contributed by atoms with Gasteiger partial charge in [0.2, 0.25) is 0 Å². The lowest BCUT2D eigenvalue weighted by molar-refractivity contribution is 0.587. The third-order valence-corrected chi connectivity index (χ3v) is 2.87. The van der Waals surface area contributed by atoms with Crippen LogP contribution in [0.25, 0.3) is 17.1 Å². The fourth-order valence-electron chi connectivity index (χ4n) is 1.85. The maximum atomic E-state index is 13.9. The Hall–Kier alpha value is -2.90. The molecule has 8 heteroatoms. The molecular formula is C13H8F3N5. The van der Waals surface area contributed by atoms with Crippen LogP contribution in [0.2, 0.25) is 0 Å². The first-order chi connectivity index (χ1) is 10.1. The normalized spacial score (nSPS) is 10.8. The van der Waals surface area contributed by atoms with Crippen molar-refractivity contribution in [1.29, 1.82) is 0 Å². The number of anilines is 1. The molecule has 0 aliphatic heterocycles. The molecular weight excluding hydrogens is 283 g/mol. The Balaban J connectivity index is 2.15. The first-order valence-electron chi connectivity index (χ1n) is 5.85. The number of tetrazole rings is 1. The Morgan fingerprint density at radius 3 is 2.38 bits per heavy atom. The maximum absolute atomic E-state index is 13.9. The van der Waals surface area contributed by atoms with Crippen LogP contribution in [0.3, 0.4) is 0 Å². The second kappa shape index (κ2) is 4.89. The van der Waals surface area contributed by atoms with Crippen molar-refractivity contribution in [2.75, 3.05) is 5.73 Å². The quantitative estimate of drug-likeness (QED) is 0.736. The monoisotopic (exact) mass is 291 g/mol. The molecule has 21 heavy (non-hydrogen) atoms. The van der Waals surface area contributed by atoms with Crippen molar-refractivity contribution in [3.05, 3.63) is 53.8 Å². The van der Waals surface area contributed by atoms with E-state index in [0.717, 1.165) is 6.07 Å². The van der Waals surface area contributed by atoms with Crippen LogP contribution in [0.5, 0.6) is 0 Å². The van der Waals surface area contributed by atoms with Crippen LogP contribution in [0, 0.1) is 17.5 Å². The van der Waals surface area contributed by atoms with Crippen molar-refractivity contribution in [2.45, 2.75) is 0 Å². The molecule has 0 amide bonds. The van der Waals surface area contributed by atoms with Gasteiger partial charge in [-0.2, -0.15) is 4.68 Å². The Morgan fingerprint density at radius 1 is 0.952 bits per heavy atom. The van der Waals surface area contributed by atoms with Gasteiger partial charge in [-0.25, -0.2) is 13.2 Å². The van der Waals surface area contributed by atoms with Crippen LogP contribution >= 0.6 is 0 Å². The van der Waals surface area contributed by atoms with Gasteiger partial charge in [-0.1, -0.05) is 0 Å². The van der Waals surface area contributed by atoms with Crippen molar-refractivity contribution in [3.63, 3.8) is 0 Å². The number of aromatic nitrogens is 4. The Morgan fingerprint density at radius 2 is 1.67 bits per heavy atom. The molecule has 0 aliphatic carbocycles. The molecule has 3 rings (SSSR count). The zero-order valence-electron chi connectivity index (χ0n) is 10.5. The highest BCUT2D eigenvalue weighted by Gasteiger charge is 2.17. The molecule has 0 radical (unpaired) electrons. The summed E-state index contributed by atoms with van der Waals surface area (Å²) in [6, 6.07) is 7.07. The van der Waals surface area contributed by atoms with Gasteiger partial charge in [-0.15, -0.1) is 5.10 Å². The summed E-state index contributed by atoms with van der Waals surface area (Å²) in [7, 11) is 0.